The van der Waals surface area contributed by atoms with E-state index in [9.17, 15) is 18.0 Å². The van der Waals surface area contributed by atoms with Crippen molar-refractivity contribution in [3.8, 4) is 0 Å². The molecule has 1 atom stereocenters. The third kappa shape index (κ3) is 6.66. The fraction of sp³-hybridized carbons (Fsp3) is 0.360. The number of ether oxygens (including phenoxy) is 1. The molecule has 1 unspecified atom stereocenters. The molecule has 0 aliphatic carbocycles. The number of alkyl halides is 2. The zero-order chi connectivity index (χ0) is 25.5. The van der Waals surface area contributed by atoms with Crippen molar-refractivity contribution in [2.75, 3.05) is 39.6 Å². The maximum atomic E-state index is 14.1. The molecule has 4 rings (SSSR count). The van der Waals surface area contributed by atoms with E-state index in [2.05, 4.69) is 10.3 Å². The van der Waals surface area contributed by atoms with Crippen molar-refractivity contribution < 1.29 is 22.7 Å². The van der Waals surface area contributed by atoms with Gasteiger partial charge >= 0.3 is 6.03 Å². The average molecular weight is 484 g/mol. The summed E-state index contributed by atoms with van der Waals surface area (Å²) in [6.45, 7) is 1.61. The summed E-state index contributed by atoms with van der Waals surface area (Å²) in [5, 5.41) is 3.87. The molecule has 0 saturated carbocycles. The fourth-order valence-electron chi connectivity index (χ4n) is 3.81. The molecular formula is C25H28BF3N4O2. The molecule has 1 N–H and O–H groups in total. The van der Waals surface area contributed by atoms with Crippen molar-refractivity contribution in [2.45, 2.75) is 25.5 Å². The Balaban J connectivity index is 0.000000241. The molecule has 0 spiro atoms. The molecule has 6 nitrogen and oxygen atoms in total. The first-order valence-corrected chi connectivity index (χ1v) is 11.1. The van der Waals surface area contributed by atoms with Crippen LogP contribution in [0.1, 0.15) is 24.0 Å². The summed E-state index contributed by atoms with van der Waals surface area (Å²) in [6.07, 6.45) is -1.66. The Morgan fingerprint density at radius 1 is 1.26 bits per heavy atom. The van der Waals surface area contributed by atoms with Gasteiger partial charge in [0.15, 0.2) is 0 Å². The lowest BCUT2D eigenvalue weighted by atomic mass is 10.0. The van der Waals surface area contributed by atoms with Gasteiger partial charge in [-0.1, -0.05) is 36.4 Å². The van der Waals surface area contributed by atoms with Crippen molar-refractivity contribution in [1.82, 2.24) is 14.8 Å². The molecule has 1 aliphatic rings. The quantitative estimate of drug-likeness (QED) is 0.554. The zero-order valence-electron chi connectivity index (χ0n) is 20.0. The minimum Gasteiger partial charge on any atom is -0.380 e. The van der Waals surface area contributed by atoms with E-state index in [4.69, 9.17) is 12.6 Å². The van der Waals surface area contributed by atoms with Gasteiger partial charge in [-0.2, -0.15) is 0 Å². The van der Waals surface area contributed by atoms with Crippen molar-refractivity contribution in [3.63, 3.8) is 0 Å². The number of benzene rings is 2. The predicted octanol–water partition coefficient (Wildman–Crippen LogP) is 4.11. The first-order chi connectivity index (χ1) is 16.7. The summed E-state index contributed by atoms with van der Waals surface area (Å²) in [5.41, 5.74) is 1.28. The molecular weight excluding hydrogens is 456 g/mol. The number of fused-ring (bicyclic) bond motifs is 1. The Bertz CT molecular complexity index is 1160. The number of carbonyl (C=O) groups is 1. The second kappa shape index (κ2) is 11.9. The Labute approximate surface area is 204 Å². The van der Waals surface area contributed by atoms with Crippen LogP contribution in [0.3, 0.4) is 0 Å². The minimum absolute atomic E-state index is 0.0693. The van der Waals surface area contributed by atoms with Gasteiger partial charge in [0, 0.05) is 57.5 Å². The van der Waals surface area contributed by atoms with E-state index in [0.29, 0.717) is 16.8 Å². The van der Waals surface area contributed by atoms with Crippen LogP contribution in [0.4, 0.5) is 23.7 Å². The molecule has 10 heteroatoms. The second-order valence-electron chi connectivity index (χ2n) is 8.36. The van der Waals surface area contributed by atoms with Crippen LogP contribution in [-0.2, 0) is 11.3 Å². The highest BCUT2D eigenvalue weighted by Crippen LogP contribution is 2.26. The molecule has 3 aromatic rings. The number of anilines is 1. The lowest BCUT2D eigenvalue weighted by Gasteiger charge is -2.20. The number of aromatic nitrogens is 1. The molecule has 2 aromatic carbocycles. The lowest BCUT2D eigenvalue weighted by Crippen LogP contribution is -2.38. The molecule has 1 aliphatic heterocycles. The van der Waals surface area contributed by atoms with E-state index >= 15 is 0 Å². The summed E-state index contributed by atoms with van der Waals surface area (Å²) in [7, 11) is 11.0. The van der Waals surface area contributed by atoms with Gasteiger partial charge in [0.2, 0.25) is 0 Å². The summed E-state index contributed by atoms with van der Waals surface area (Å²) >= 11 is 0. The van der Waals surface area contributed by atoms with Gasteiger partial charge in [-0.25, -0.2) is 18.0 Å². The molecule has 35 heavy (non-hydrogen) atoms. The second-order valence-corrected chi connectivity index (χ2v) is 8.36. The molecule has 1 fully saturated rings. The number of pyridine rings is 1. The van der Waals surface area contributed by atoms with Gasteiger partial charge in [-0.05, 0) is 24.1 Å². The number of para-hydroxylation sites is 1. The first kappa shape index (κ1) is 26.3. The highest BCUT2D eigenvalue weighted by atomic mass is 19.3. The number of urea groups is 1. The molecule has 2 heterocycles. The van der Waals surface area contributed by atoms with Crippen LogP contribution in [0.25, 0.3) is 10.9 Å². The van der Waals surface area contributed by atoms with E-state index in [1.807, 2.05) is 29.2 Å². The Morgan fingerprint density at radius 3 is 2.66 bits per heavy atom. The van der Waals surface area contributed by atoms with E-state index in [1.54, 1.807) is 32.2 Å². The van der Waals surface area contributed by atoms with E-state index in [0.717, 1.165) is 31.0 Å². The summed E-state index contributed by atoms with van der Waals surface area (Å²) in [4.78, 5) is 19.0. The maximum absolute atomic E-state index is 14.1. The number of methoxy groups -OCH3 is 1. The fourth-order valence-corrected chi connectivity index (χ4v) is 3.81. The summed E-state index contributed by atoms with van der Waals surface area (Å²) in [6, 6.07) is 13.1. The number of carbonyl (C=O) groups excluding carboxylic acids is 1. The summed E-state index contributed by atoms with van der Waals surface area (Å²) < 4.78 is 44.7. The molecule has 2 radical (unpaired) electrons. The van der Waals surface area contributed by atoms with Crippen LogP contribution < -0.4 is 10.9 Å². The normalized spacial score (nSPS) is 15.2. The third-order valence-electron chi connectivity index (χ3n) is 5.68. The van der Waals surface area contributed by atoms with Gasteiger partial charge in [-0.15, -0.1) is 0 Å². The molecule has 1 saturated heterocycles. The monoisotopic (exact) mass is 484 g/mol. The number of halogens is 3. The molecule has 0 bridgehead atoms. The maximum Gasteiger partial charge on any atom is 0.319 e. The van der Waals surface area contributed by atoms with E-state index in [1.165, 1.54) is 12.1 Å². The van der Waals surface area contributed by atoms with Gasteiger partial charge in [0.05, 0.1) is 17.2 Å². The Kier molecular flexibility index (Phi) is 8.98. The largest absolute Gasteiger partial charge is 0.380 e. The number of rotatable bonds is 5. The molecule has 1 aromatic heterocycles. The highest BCUT2D eigenvalue weighted by molar-refractivity contribution is 6.31. The van der Waals surface area contributed by atoms with Crippen LogP contribution in [0.5, 0.6) is 0 Å². The van der Waals surface area contributed by atoms with Crippen molar-refractivity contribution in [1.29, 1.82) is 0 Å². The van der Waals surface area contributed by atoms with Crippen molar-refractivity contribution in [2.24, 2.45) is 0 Å². The third-order valence-corrected chi connectivity index (χ3v) is 5.68. The number of hydrogen-bond donors (Lipinski definition) is 1. The van der Waals surface area contributed by atoms with Crippen molar-refractivity contribution >= 4 is 36.1 Å². The Hall–Kier alpha value is -3.27. The number of amides is 2. The number of likely N-dealkylation sites (tertiary alicyclic amines) is 1. The first-order valence-electron chi connectivity index (χ1n) is 11.1. The number of hydrogen-bond acceptors (Lipinski definition) is 4. The number of nitrogens with zero attached hydrogens (tertiary/aromatic N) is 3. The van der Waals surface area contributed by atoms with Crippen LogP contribution in [-0.4, -0.2) is 69.1 Å². The van der Waals surface area contributed by atoms with E-state index in [-0.39, 0.29) is 24.2 Å². The van der Waals surface area contributed by atoms with Crippen LogP contribution in [0, 0.1) is 5.82 Å². The topological polar surface area (TPSA) is 57.7 Å². The minimum atomic E-state index is -2.84. The van der Waals surface area contributed by atoms with Gasteiger partial charge in [0.25, 0.3) is 6.43 Å². The van der Waals surface area contributed by atoms with Gasteiger partial charge in [0.1, 0.15) is 13.7 Å². The van der Waals surface area contributed by atoms with Crippen LogP contribution in [0.15, 0.2) is 48.5 Å². The van der Waals surface area contributed by atoms with Crippen LogP contribution >= 0.6 is 0 Å². The van der Waals surface area contributed by atoms with E-state index < -0.39 is 17.8 Å². The van der Waals surface area contributed by atoms with Gasteiger partial charge in [-0.3, -0.25) is 4.98 Å². The molecule has 184 valence electrons. The van der Waals surface area contributed by atoms with Crippen LogP contribution in [0.2, 0.25) is 0 Å². The highest BCUT2D eigenvalue weighted by Gasteiger charge is 2.26. The summed E-state index contributed by atoms with van der Waals surface area (Å²) in [5.74, 6) is -0.888. The molecule has 2 amide bonds. The Morgan fingerprint density at radius 2 is 2.00 bits per heavy atom. The SMILES string of the molecule is COC1CCN(C(=O)N(C)C)C1.[B]c1cc(NCc2cccc(C(F)F)c2F)c2ccccc2n1. The van der Waals surface area contributed by atoms with Crippen molar-refractivity contribution in [3.05, 3.63) is 65.5 Å². The number of nitrogens with one attached hydrogen (secondary N) is 1. The zero-order valence-corrected chi connectivity index (χ0v) is 20.0. The van der Waals surface area contributed by atoms with Gasteiger partial charge < -0.3 is 19.9 Å². The smallest absolute Gasteiger partial charge is 0.319 e. The lowest BCUT2D eigenvalue weighted by molar-refractivity contribution is 0.108. The standard InChI is InChI=1S/C17H12BF3N2.C8H16N2O2/c18-15-8-14(11-5-1-2-7-13(11)23-15)22-9-10-4-3-6-12(16(10)19)17(20)21;1-9(2)8(11)10-5-4-7(6-10)12-3/h1-8,17H,9H2,(H,22,23);7H,4-6H2,1-3H3. The predicted molar refractivity (Wildman–Crippen MR) is 132 cm³/mol. The average Bonchev–Trinajstić information content (AvgIpc) is 3.32.